The van der Waals surface area contributed by atoms with E-state index in [2.05, 4.69) is 10.3 Å². The van der Waals surface area contributed by atoms with Gasteiger partial charge in [0.05, 0.1) is 22.4 Å². The normalized spacial score (nSPS) is 13.1. The number of aryl methyl sites for hydroxylation is 2. The molecule has 0 fully saturated rings. The number of nitrogen functional groups attached to an aromatic ring is 1. The van der Waals surface area contributed by atoms with Gasteiger partial charge in [-0.05, 0) is 39.0 Å². The number of anilines is 2. The third kappa shape index (κ3) is 3.52. The Morgan fingerprint density at radius 3 is 2.52 bits per heavy atom. The summed E-state index contributed by atoms with van der Waals surface area (Å²) in [4.78, 5) is 5.43. The van der Waals surface area contributed by atoms with Gasteiger partial charge in [-0.15, -0.1) is 11.3 Å². The second-order valence-electron chi connectivity index (χ2n) is 4.85. The molecule has 0 aliphatic heterocycles. The maximum Gasteiger partial charge on any atom is 0.240 e. The number of thiazole rings is 1. The number of primary sulfonamides is 1. The molecular weight excluding hydrogens is 308 g/mol. The number of nitrogens with zero attached hydrogens (tertiary/aromatic N) is 1. The predicted molar refractivity (Wildman–Crippen MR) is 85.9 cm³/mol. The van der Waals surface area contributed by atoms with Crippen molar-refractivity contribution >= 4 is 32.7 Å². The number of aromatic nitrogens is 1. The fraction of sp³-hybridized carbons (Fsp3) is 0.308. The number of hydrogen-bond donors (Lipinski definition) is 3. The molecule has 0 aliphatic carbocycles. The van der Waals surface area contributed by atoms with E-state index in [0.29, 0.717) is 11.4 Å². The molecule has 1 unspecified atom stereocenters. The summed E-state index contributed by atoms with van der Waals surface area (Å²) in [5.41, 5.74) is 7.36. The minimum atomic E-state index is -3.84. The molecule has 0 radical (unpaired) electrons. The van der Waals surface area contributed by atoms with Gasteiger partial charge in [0.2, 0.25) is 10.0 Å². The van der Waals surface area contributed by atoms with Gasteiger partial charge in [-0.3, -0.25) is 0 Å². The van der Waals surface area contributed by atoms with Crippen molar-refractivity contribution in [1.82, 2.24) is 4.98 Å². The standard InChI is InChI=1S/C13H18N4O2S2/c1-7-13(20-9(3)16-7)8(2)17-11-5-4-10(14)6-12(11)21(15,18)19/h4-6,8,17H,14H2,1-3H3,(H2,15,18,19). The van der Waals surface area contributed by atoms with Crippen molar-refractivity contribution in [1.29, 1.82) is 0 Å². The molecule has 1 heterocycles. The lowest BCUT2D eigenvalue weighted by Gasteiger charge is -2.17. The van der Waals surface area contributed by atoms with E-state index in [4.69, 9.17) is 10.9 Å². The quantitative estimate of drug-likeness (QED) is 0.746. The van der Waals surface area contributed by atoms with Crippen molar-refractivity contribution < 1.29 is 8.42 Å². The van der Waals surface area contributed by atoms with Crippen molar-refractivity contribution in [2.45, 2.75) is 31.7 Å². The fourth-order valence-electron chi connectivity index (χ4n) is 2.14. The Labute approximate surface area is 128 Å². The molecule has 2 aromatic rings. The molecule has 0 saturated heterocycles. The van der Waals surface area contributed by atoms with E-state index >= 15 is 0 Å². The van der Waals surface area contributed by atoms with Crippen LogP contribution in [0.2, 0.25) is 0 Å². The average molecular weight is 326 g/mol. The van der Waals surface area contributed by atoms with Gasteiger partial charge in [-0.2, -0.15) is 0 Å². The summed E-state index contributed by atoms with van der Waals surface area (Å²) < 4.78 is 23.3. The molecule has 114 valence electrons. The third-order valence-corrected chi connectivity index (χ3v) is 5.22. The third-order valence-electron chi connectivity index (χ3n) is 3.02. The molecule has 0 spiro atoms. The van der Waals surface area contributed by atoms with Crippen molar-refractivity contribution in [2.24, 2.45) is 5.14 Å². The van der Waals surface area contributed by atoms with Gasteiger partial charge >= 0.3 is 0 Å². The van der Waals surface area contributed by atoms with Gasteiger partial charge in [0.15, 0.2) is 0 Å². The topological polar surface area (TPSA) is 111 Å². The Kier molecular flexibility index (Phi) is 4.22. The van der Waals surface area contributed by atoms with Crippen LogP contribution in [0.25, 0.3) is 0 Å². The minimum absolute atomic E-state index is 0.00626. The summed E-state index contributed by atoms with van der Waals surface area (Å²) in [6.45, 7) is 5.82. The predicted octanol–water partition coefficient (Wildman–Crippen LogP) is 2.16. The number of sulfonamides is 1. The lowest BCUT2D eigenvalue weighted by Crippen LogP contribution is -2.16. The summed E-state index contributed by atoms with van der Waals surface area (Å²) >= 11 is 1.58. The first kappa shape index (κ1) is 15.7. The smallest absolute Gasteiger partial charge is 0.240 e. The largest absolute Gasteiger partial charge is 0.399 e. The van der Waals surface area contributed by atoms with Crippen molar-refractivity contribution in [3.8, 4) is 0 Å². The van der Waals surface area contributed by atoms with Crippen LogP contribution in [0.15, 0.2) is 23.1 Å². The number of hydrogen-bond acceptors (Lipinski definition) is 6. The van der Waals surface area contributed by atoms with E-state index < -0.39 is 10.0 Å². The fourth-order valence-corrected chi connectivity index (χ4v) is 3.80. The second-order valence-corrected chi connectivity index (χ2v) is 7.61. The zero-order valence-corrected chi connectivity index (χ0v) is 13.7. The van der Waals surface area contributed by atoms with Crippen LogP contribution >= 0.6 is 11.3 Å². The lowest BCUT2D eigenvalue weighted by molar-refractivity contribution is 0.598. The van der Waals surface area contributed by atoms with Gasteiger partial charge in [-0.25, -0.2) is 18.5 Å². The zero-order valence-electron chi connectivity index (χ0n) is 12.0. The van der Waals surface area contributed by atoms with Crippen molar-refractivity contribution in [2.75, 3.05) is 11.1 Å². The van der Waals surface area contributed by atoms with Crippen LogP contribution in [0.3, 0.4) is 0 Å². The highest BCUT2D eigenvalue weighted by Gasteiger charge is 2.18. The molecule has 1 aromatic heterocycles. The SMILES string of the molecule is Cc1nc(C)c(C(C)Nc2ccc(N)cc2S(N)(=O)=O)s1. The van der Waals surface area contributed by atoms with E-state index in [1.165, 1.54) is 6.07 Å². The number of nitrogens with two attached hydrogens (primary N) is 2. The highest BCUT2D eigenvalue weighted by atomic mass is 32.2. The molecule has 2 rings (SSSR count). The van der Waals surface area contributed by atoms with Gasteiger partial charge in [-0.1, -0.05) is 0 Å². The molecule has 8 heteroatoms. The first-order valence-electron chi connectivity index (χ1n) is 6.31. The molecule has 0 bridgehead atoms. The minimum Gasteiger partial charge on any atom is -0.399 e. The number of benzene rings is 1. The Hall–Kier alpha value is -1.64. The first-order valence-corrected chi connectivity index (χ1v) is 8.67. The van der Waals surface area contributed by atoms with Crippen LogP contribution in [-0.2, 0) is 10.0 Å². The molecule has 6 nitrogen and oxygen atoms in total. The summed E-state index contributed by atoms with van der Waals surface area (Å²) in [5.74, 6) is 0. The van der Waals surface area contributed by atoms with Gasteiger partial charge in [0.1, 0.15) is 4.90 Å². The summed E-state index contributed by atoms with van der Waals surface area (Å²) in [6, 6.07) is 4.53. The zero-order chi connectivity index (χ0) is 15.8. The molecule has 0 saturated carbocycles. The molecule has 0 aliphatic rings. The van der Waals surface area contributed by atoms with Crippen LogP contribution < -0.4 is 16.2 Å². The molecule has 1 atom stereocenters. The van der Waals surface area contributed by atoms with Crippen LogP contribution in [0, 0.1) is 13.8 Å². The first-order chi connectivity index (χ1) is 9.68. The Balaban J connectivity index is 2.38. The summed E-state index contributed by atoms with van der Waals surface area (Å²) in [5, 5.41) is 9.38. The summed E-state index contributed by atoms with van der Waals surface area (Å²) in [7, 11) is -3.84. The Bertz CT molecular complexity index is 768. The molecule has 1 aromatic carbocycles. The number of nitrogens with one attached hydrogen (secondary N) is 1. The van der Waals surface area contributed by atoms with E-state index in [1.807, 2.05) is 20.8 Å². The number of rotatable bonds is 4. The average Bonchev–Trinajstić information content (AvgIpc) is 2.69. The summed E-state index contributed by atoms with van der Waals surface area (Å²) in [6.07, 6.45) is 0. The molecule has 0 amide bonds. The maximum atomic E-state index is 11.7. The van der Waals surface area contributed by atoms with Crippen LogP contribution in [0.1, 0.15) is 28.5 Å². The van der Waals surface area contributed by atoms with E-state index in [0.717, 1.165) is 15.6 Å². The van der Waals surface area contributed by atoms with Crippen molar-refractivity contribution in [3.05, 3.63) is 33.8 Å². The maximum absolute atomic E-state index is 11.7. The Morgan fingerprint density at radius 1 is 1.33 bits per heavy atom. The highest BCUT2D eigenvalue weighted by Crippen LogP contribution is 2.30. The van der Waals surface area contributed by atoms with Crippen LogP contribution in [0.5, 0.6) is 0 Å². The van der Waals surface area contributed by atoms with E-state index in [-0.39, 0.29) is 10.9 Å². The van der Waals surface area contributed by atoms with Crippen molar-refractivity contribution in [3.63, 3.8) is 0 Å². The van der Waals surface area contributed by atoms with Gasteiger partial charge in [0.25, 0.3) is 0 Å². The van der Waals surface area contributed by atoms with E-state index in [1.54, 1.807) is 23.5 Å². The highest BCUT2D eigenvalue weighted by molar-refractivity contribution is 7.89. The second kappa shape index (κ2) is 5.63. The van der Waals surface area contributed by atoms with Crippen LogP contribution in [0.4, 0.5) is 11.4 Å². The van der Waals surface area contributed by atoms with Gasteiger partial charge in [0, 0.05) is 10.6 Å². The molecule has 21 heavy (non-hydrogen) atoms. The lowest BCUT2D eigenvalue weighted by atomic mass is 10.2. The molecule has 5 N–H and O–H groups in total. The Morgan fingerprint density at radius 2 is 2.00 bits per heavy atom. The van der Waals surface area contributed by atoms with E-state index in [9.17, 15) is 8.42 Å². The van der Waals surface area contributed by atoms with Crippen LogP contribution in [-0.4, -0.2) is 13.4 Å². The molecular formula is C13H18N4O2S2. The van der Waals surface area contributed by atoms with Gasteiger partial charge < -0.3 is 11.1 Å². The monoisotopic (exact) mass is 326 g/mol.